The lowest BCUT2D eigenvalue weighted by Crippen LogP contribution is -1.98. The minimum absolute atomic E-state index is 0.111. The number of nitro benzene ring substituents is 1. The van der Waals surface area contributed by atoms with E-state index in [1.54, 1.807) is 12.1 Å². The van der Waals surface area contributed by atoms with Gasteiger partial charge in [-0.3, -0.25) is 15.1 Å². The maximum absolute atomic E-state index is 10.7. The first-order valence-electron chi connectivity index (χ1n) is 6.27. The predicted octanol–water partition coefficient (Wildman–Crippen LogP) is 3.88. The number of nitro groups is 1. The summed E-state index contributed by atoms with van der Waals surface area (Å²) >= 11 is 5.95. The van der Waals surface area contributed by atoms with E-state index in [1.165, 1.54) is 24.4 Å². The SMILES string of the molecule is CCC(O)c1ccc(Oc2cc([N+](=O)[O-])ccc2Cl)cn1. The molecule has 1 atom stereocenters. The predicted molar refractivity (Wildman–Crippen MR) is 77.7 cm³/mol. The Balaban J connectivity index is 2.22. The molecule has 0 saturated carbocycles. The molecule has 6 nitrogen and oxygen atoms in total. The fourth-order valence-corrected chi connectivity index (χ4v) is 1.83. The molecule has 2 rings (SSSR count). The normalized spacial score (nSPS) is 12.0. The molecule has 0 aliphatic carbocycles. The van der Waals surface area contributed by atoms with E-state index in [1.807, 2.05) is 6.92 Å². The largest absolute Gasteiger partial charge is 0.454 e. The standard InChI is InChI=1S/C14H13ClN2O4/c1-2-13(18)12-6-4-10(8-16-12)21-14-7-9(17(19)20)3-5-11(14)15/h3-8,13,18H,2H2,1H3. The summed E-state index contributed by atoms with van der Waals surface area (Å²) in [5.74, 6) is 0.556. The molecule has 1 aromatic carbocycles. The van der Waals surface area contributed by atoms with E-state index in [0.717, 1.165) is 0 Å². The molecule has 0 spiro atoms. The van der Waals surface area contributed by atoms with Gasteiger partial charge in [0, 0.05) is 6.07 Å². The van der Waals surface area contributed by atoms with Crippen LogP contribution in [0.1, 0.15) is 25.1 Å². The third-order valence-corrected chi connectivity index (χ3v) is 3.15. The highest BCUT2D eigenvalue weighted by Crippen LogP contribution is 2.32. The summed E-state index contributed by atoms with van der Waals surface area (Å²) in [4.78, 5) is 14.3. The molecule has 0 saturated heterocycles. The molecule has 0 aliphatic rings. The Morgan fingerprint density at radius 1 is 1.43 bits per heavy atom. The molecule has 1 N–H and O–H groups in total. The number of benzene rings is 1. The number of pyridine rings is 1. The highest BCUT2D eigenvalue weighted by Gasteiger charge is 2.12. The summed E-state index contributed by atoms with van der Waals surface area (Å²) in [6, 6.07) is 7.20. The third-order valence-electron chi connectivity index (χ3n) is 2.84. The topological polar surface area (TPSA) is 85.5 Å². The van der Waals surface area contributed by atoms with Crippen LogP contribution in [0, 0.1) is 10.1 Å². The number of aliphatic hydroxyl groups excluding tert-OH is 1. The van der Waals surface area contributed by atoms with Gasteiger partial charge in [0.2, 0.25) is 0 Å². The summed E-state index contributed by atoms with van der Waals surface area (Å²) < 4.78 is 5.49. The van der Waals surface area contributed by atoms with E-state index in [4.69, 9.17) is 16.3 Å². The molecule has 2 aromatic rings. The van der Waals surface area contributed by atoms with Crippen molar-refractivity contribution in [2.24, 2.45) is 0 Å². The van der Waals surface area contributed by atoms with Crippen LogP contribution in [0.2, 0.25) is 5.02 Å². The lowest BCUT2D eigenvalue weighted by atomic mass is 10.2. The summed E-state index contributed by atoms with van der Waals surface area (Å²) in [5.41, 5.74) is 0.426. The van der Waals surface area contributed by atoms with Gasteiger partial charge in [-0.15, -0.1) is 0 Å². The van der Waals surface area contributed by atoms with Crippen LogP contribution in [-0.2, 0) is 0 Å². The number of nitrogens with zero attached hydrogens (tertiary/aromatic N) is 2. The number of hydrogen-bond donors (Lipinski definition) is 1. The number of ether oxygens (including phenoxy) is 1. The van der Waals surface area contributed by atoms with E-state index in [9.17, 15) is 15.2 Å². The second-order valence-electron chi connectivity index (χ2n) is 4.32. The molecule has 1 unspecified atom stereocenters. The molecule has 0 bridgehead atoms. The Morgan fingerprint density at radius 2 is 2.19 bits per heavy atom. The molecular formula is C14H13ClN2O4. The van der Waals surface area contributed by atoms with Crippen molar-refractivity contribution >= 4 is 17.3 Å². The van der Waals surface area contributed by atoms with Crippen molar-refractivity contribution in [2.75, 3.05) is 0 Å². The van der Waals surface area contributed by atoms with E-state index in [2.05, 4.69) is 4.98 Å². The first kappa shape index (κ1) is 15.2. The fraction of sp³-hybridized carbons (Fsp3) is 0.214. The van der Waals surface area contributed by atoms with E-state index in [-0.39, 0.29) is 16.5 Å². The molecule has 110 valence electrons. The van der Waals surface area contributed by atoms with Crippen LogP contribution in [0.5, 0.6) is 11.5 Å². The fourth-order valence-electron chi connectivity index (χ4n) is 1.67. The maximum Gasteiger partial charge on any atom is 0.273 e. The van der Waals surface area contributed by atoms with Gasteiger partial charge in [-0.2, -0.15) is 0 Å². The van der Waals surface area contributed by atoms with Gasteiger partial charge in [0.1, 0.15) is 5.75 Å². The number of hydrogen-bond acceptors (Lipinski definition) is 5. The van der Waals surface area contributed by atoms with Crippen LogP contribution < -0.4 is 4.74 Å². The van der Waals surface area contributed by atoms with Gasteiger partial charge >= 0.3 is 0 Å². The molecule has 0 aliphatic heterocycles. The number of halogens is 1. The number of non-ortho nitro benzene ring substituents is 1. The van der Waals surface area contributed by atoms with Crippen molar-refractivity contribution < 1.29 is 14.8 Å². The molecule has 1 heterocycles. The van der Waals surface area contributed by atoms with Crippen LogP contribution in [-0.4, -0.2) is 15.0 Å². The maximum atomic E-state index is 10.7. The van der Waals surface area contributed by atoms with Crippen molar-refractivity contribution in [1.29, 1.82) is 0 Å². The second-order valence-corrected chi connectivity index (χ2v) is 4.72. The highest BCUT2D eigenvalue weighted by molar-refractivity contribution is 6.32. The summed E-state index contributed by atoms with van der Waals surface area (Å²) in [7, 11) is 0. The number of rotatable bonds is 5. The Kier molecular flexibility index (Phi) is 4.72. The average Bonchev–Trinajstić information content (AvgIpc) is 2.49. The Morgan fingerprint density at radius 3 is 2.76 bits per heavy atom. The van der Waals surface area contributed by atoms with E-state index in [0.29, 0.717) is 17.9 Å². The minimum atomic E-state index is -0.625. The van der Waals surface area contributed by atoms with Gasteiger partial charge in [0.25, 0.3) is 5.69 Å². The van der Waals surface area contributed by atoms with Gasteiger partial charge in [0.05, 0.1) is 34.0 Å². The lowest BCUT2D eigenvalue weighted by Gasteiger charge is -2.09. The van der Waals surface area contributed by atoms with Gasteiger partial charge < -0.3 is 9.84 Å². The monoisotopic (exact) mass is 308 g/mol. The number of aromatic nitrogens is 1. The molecule has 0 amide bonds. The van der Waals surface area contributed by atoms with Crippen LogP contribution in [0.25, 0.3) is 0 Å². The smallest absolute Gasteiger partial charge is 0.273 e. The first-order chi connectivity index (χ1) is 10.0. The summed E-state index contributed by atoms with van der Waals surface area (Å²) in [6.45, 7) is 1.85. The molecule has 7 heteroatoms. The third kappa shape index (κ3) is 3.68. The van der Waals surface area contributed by atoms with Gasteiger partial charge in [0.15, 0.2) is 5.75 Å². The van der Waals surface area contributed by atoms with Crippen molar-refractivity contribution in [1.82, 2.24) is 4.98 Å². The zero-order valence-corrected chi connectivity index (χ0v) is 11.9. The molecule has 21 heavy (non-hydrogen) atoms. The first-order valence-corrected chi connectivity index (χ1v) is 6.65. The average molecular weight is 309 g/mol. The number of aliphatic hydroxyl groups is 1. The van der Waals surface area contributed by atoms with Crippen LogP contribution in [0.3, 0.4) is 0 Å². The zero-order valence-electron chi connectivity index (χ0n) is 11.2. The molecular weight excluding hydrogens is 296 g/mol. The van der Waals surface area contributed by atoms with Crippen LogP contribution >= 0.6 is 11.6 Å². The Labute approximate surface area is 126 Å². The zero-order chi connectivity index (χ0) is 15.4. The van der Waals surface area contributed by atoms with Crippen molar-refractivity contribution in [2.45, 2.75) is 19.4 Å². The summed E-state index contributed by atoms with van der Waals surface area (Å²) in [5, 5.41) is 20.7. The Bertz CT molecular complexity index is 646. The molecule has 0 radical (unpaired) electrons. The van der Waals surface area contributed by atoms with Crippen molar-refractivity contribution in [3.05, 3.63) is 57.4 Å². The van der Waals surface area contributed by atoms with E-state index < -0.39 is 11.0 Å². The van der Waals surface area contributed by atoms with Crippen molar-refractivity contribution in [3.63, 3.8) is 0 Å². The molecule has 0 fully saturated rings. The van der Waals surface area contributed by atoms with Crippen molar-refractivity contribution in [3.8, 4) is 11.5 Å². The van der Waals surface area contributed by atoms with Gasteiger partial charge in [-0.25, -0.2) is 0 Å². The van der Waals surface area contributed by atoms with Crippen LogP contribution in [0.15, 0.2) is 36.5 Å². The van der Waals surface area contributed by atoms with E-state index >= 15 is 0 Å². The van der Waals surface area contributed by atoms with Gasteiger partial charge in [-0.1, -0.05) is 18.5 Å². The minimum Gasteiger partial charge on any atom is -0.454 e. The van der Waals surface area contributed by atoms with Crippen LogP contribution in [0.4, 0.5) is 5.69 Å². The quantitative estimate of drug-likeness (QED) is 0.669. The lowest BCUT2D eigenvalue weighted by molar-refractivity contribution is -0.384. The highest BCUT2D eigenvalue weighted by atomic mass is 35.5. The molecule has 1 aromatic heterocycles. The van der Waals surface area contributed by atoms with Gasteiger partial charge in [-0.05, 0) is 24.6 Å². The summed E-state index contributed by atoms with van der Waals surface area (Å²) in [6.07, 6.45) is 1.37. The second kappa shape index (κ2) is 6.51. The Hall–Kier alpha value is -2.18.